The Hall–Kier alpha value is -2.37. The Kier molecular flexibility index (Phi) is 8.47. The van der Waals surface area contributed by atoms with Gasteiger partial charge in [-0.3, -0.25) is 9.59 Å². The van der Waals surface area contributed by atoms with Crippen LogP contribution in [0.15, 0.2) is 24.3 Å². The van der Waals surface area contributed by atoms with Gasteiger partial charge >= 0.3 is 5.97 Å². The van der Waals surface area contributed by atoms with Crippen molar-refractivity contribution in [1.82, 2.24) is 10.6 Å². The smallest absolute Gasteiger partial charge is 0.329 e. The lowest BCUT2D eigenvalue weighted by molar-refractivity contribution is -0.151. The number of hydrogen-bond donors (Lipinski definition) is 2. The van der Waals surface area contributed by atoms with Gasteiger partial charge in [0.2, 0.25) is 0 Å². The minimum Gasteiger partial charge on any atom is -0.454 e. The van der Waals surface area contributed by atoms with E-state index >= 15 is 0 Å². The van der Waals surface area contributed by atoms with Crippen LogP contribution in [-0.2, 0) is 19.7 Å². The molecular formula is C21H32N2O4. The second kappa shape index (κ2) is 10.1. The van der Waals surface area contributed by atoms with Crippen molar-refractivity contribution in [3.05, 3.63) is 35.4 Å². The molecule has 6 heteroatoms. The fraction of sp³-hybridized carbons (Fsp3) is 0.571. The molecule has 0 heterocycles. The highest BCUT2D eigenvalue weighted by atomic mass is 16.5. The molecule has 6 nitrogen and oxygen atoms in total. The van der Waals surface area contributed by atoms with Crippen LogP contribution in [-0.4, -0.2) is 37.0 Å². The van der Waals surface area contributed by atoms with Gasteiger partial charge in [-0.2, -0.15) is 0 Å². The minimum absolute atomic E-state index is 0.00235. The van der Waals surface area contributed by atoms with Crippen LogP contribution in [0.3, 0.4) is 0 Å². The van der Waals surface area contributed by atoms with Crippen LogP contribution in [0.5, 0.6) is 0 Å². The lowest BCUT2D eigenvalue weighted by Gasteiger charge is -2.22. The number of hydrogen-bond acceptors (Lipinski definition) is 4. The number of benzene rings is 1. The molecule has 0 unspecified atom stereocenters. The summed E-state index contributed by atoms with van der Waals surface area (Å²) in [6.45, 7) is 12.0. The normalized spacial score (nSPS) is 12.4. The standard InChI is InChI=1S/C21H32N2O4/c1-7-12-22-17(24)13-27-20(26)18(14(2)3)23-19(25)15-8-10-16(11-9-15)21(4,5)6/h8-11,14,18H,7,12-13H2,1-6H3,(H,22,24)(H,23,25)/t18-/m0/s1. The highest BCUT2D eigenvalue weighted by Crippen LogP contribution is 2.22. The summed E-state index contributed by atoms with van der Waals surface area (Å²) < 4.78 is 5.06. The van der Waals surface area contributed by atoms with Gasteiger partial charge in [-0.25, -0.2) is 4.79 Å². The van der Waals surface area contributed by atoms with E-state index in [0.717, 1.165) is 12.0 Å². The summed E-state index contributed by atoms with van der Waals surface area (Å²) in [5.41, 5.74) is 1.59. The highest BCUT2D eigenvalue weighted by molar-refractivity contribution is 5.97. The monoisotopic (exact) mass is 376 g/mol. The zero-order chi connectivity index (χ0) is 20.6. The Morgan fingerprint density at radius 3 is 2.15 bits per heavy atom. The van der Waals surface area contributed by atoms with Crippen molar-refractivity contribution in [2.45, 2.75) is 59.4 Å². The molecule has 0 spiro atoms. The summed E-state index contributed by atoms with van der Waals surface area (Å²) in [6, 6.07) is 6.50. The fourth-order valence-electron chi connectivity index (χ4n) is 2.39. The first-order valence-corrected chi connectivity index (χ1v) is 9.41. The van der Waals surface area contributed by atoms with Crippen molar-refractivity contribution in [3.8, 4) is 0 Å². The Balaban J connectivity index is 2.71. The molecule has 1 rings (SSSR count). The summed E-state index contributed by atoms with van der Waals surface area (Å²) in [5, 5.41) is 5.35. The zero-order valence-electron chi connectivity index (χ0n) is 17.2. The Morgan fingerprint density at radius 1 is 1.07 bits per heavy atom. The highest BCUT2D eigenvalue weighted by Gasteiger charge is 2.27. The van der Waals surface area contributed by atoms with Crippen LogP contribution in [0.1, 0.15) is 63.9 Å². The molecule has 1 aromatic carbocycles. The molecule has 0 radical (unpaired) electrons. The molecule has 0 saturated heterocycles. The second-order valence-electron chi connectivity index (χ2n) is 7.98. The van der Waals surface area contributed by atoms with E-state index < -0.39 is 12.0 Å². The Morgan fingerprint density at radius 2 is 1.67 bits per heavy atom. The number of carbonyl (C=O) groups is 3. The molecule has 0 aliphatic carbocycles. The number of rotatable bonds is 8. The van der Waals surface area contributed by atoms with Gasteiger partial charge in [0, 0.05) is 12.1 Å². The first-order valence-electron chi connectivity index (χ1n) is 9.41. The van der Waals surface area contributed by atoms with E-state index in [2.05, 4.69) is 31.4 Å². The zero-order valence-corrected chi connectivity index (χ0v) is 17.2. The van der Waals surface area contributed by atoms with Gasteiger partial charge in [-0.15, -0.1) is 0 Å². The average Bonchev–Trinajstić information content (AvgIpc) is 2.61. The molecule has 0 bridgehead atoms. The summed E-state index contributed by atoms with van der Waals surface area (Å²) >= 11 is 0. The van der Waals surface area contributed by atoms with Gasteiger partial charge in [-0.1, -0.05) is 53.7 Å². The molecule has 0 saturated carbocycles. The summed E-state index contributed by atoms with van der Waals surface area (Å²) in [4.78, 5) is 36.4. The molecule has 2 N–H and O–H groups in total. The quantitative estimate of drug-likeness (QED) is 0.683. The van der Waals surface area contributed by atoms with Crippen LogP contribution >= 0.6 is 0 Å². The van der Waals surface area contributed by atoms with Gasteiger partial charge in [0.15, 0.2) is 6.61 Å². The van der Waals surface area contributed by atoms with Gasteiger partial charge in [0.25, 0.3) is 11.8 Å². The molecule has 1 aromatic rings. The molecule has 1 atom stereocenters. The molecule has 0 aliphatic rings. The van der Waals surface area contributed by atoms with Crippen molar-refractivity contribution >= 4 is 17.8 Å². The topological polar surface area (TPSA) is 84.5 Å². The lowest BCUT2D eigenvalue weighted by atomic mass is 9.86. The third-order valence-corrected chi connectivity index (χ3v) is 4.14. The van der Waals surface area contributed by atoms with Crippen molar-refractivity contribution in [3.63, 3.8) is 0 Å². The molecule has 0 aromatic heterocycles. The van der Waals surface area contributed by atoms with Crippen LogP contribution < -0.4 is 10.6 Å². The first-order chi connectivity index (χ1) is 12.6. The van der Waals surface area contributed by atoms with E-state index in [1.54, 1.807) is 12.1 Å². The maximum atomic E-state index is 12.5. The van der Waals surface area contributed by atoms with E-state index in [1.807, 2.05) is 32.9 Å². The van der Waals surface area contributed by atoms with Gasteiger partial charge in [0.1, 0.15) is 6.04 Å². The van der Waals surface area contributed by atoms with E-state index in [4.69, 9.17) is 4.74 Å². The van der Waals surface area contributed by atoms with E-state index in [1.165, 1.54) is 0 Å². The molecule has 0 aliphatic heterocycles. The predicted octanol–water partition coefficient (Wildman–Crippen LogP) is 2.81. The van der Waals surface area contributed by atoms with Crippen LogP contribution in [0, 0.1) is 5.92 Å². The molecule has 0 fully saturated rings. The summed E-state index contributed by atoms with van der Waals surface area (Å²) in [7, 11) is 0. The fourth-order valence-corrected chi connectivity index (χ4v) is 2.39. The Bertz CT molecular complexity index is 645. The van der Waals surface area contributed by atoms with E-state index in [9.17, 15) is 14.4 Å². The second-order valence-corrected chi connectivity index (χ2v) is 7.98. The maximum absolute atomic E-state index is 12.5. The van der Waals surface area contributed by atoms with Gasteiger partial charge < -0.3 is 15.4 Å². The maximum Gasteiger partial charge on any atom is 0.329 e. The molecular weight excluding hydrogens is 344 g/mol. The molecule has 150 valence electrons. The third kappa shape index (κ3) is 7.41. The van der Waals surface area contributed by atoms with Crippen molar-refractivity contribution < 1.29 is 19.1 Å². The van der Waals surface area contributed by atoms with E-state index in [0.29, 0.717) is 12.1 Å². The first kappa shape index (κ1) is 22.7. The number of carbonyl (C=O) groups excluding carboxylic acids is 3. The number of nitrogens with one attached hydrogen (secondary N) is 2. The predicted molar refractivity (Wildman–Crippen MR) is 105 cm³/mol. The van der Waals surface area contributed by atoms with Gasteiger partial charge in [0.05, 0.1) is 0 Å². The summed E-state index contributed by atoms with van der Waals surface area (Å²) in [5.74, 6) is -1.48. The largest absolute Gasteiger partial charge is 0.454 e. The van der Waals surface area contributed by atoms with E-state index in [-0.39, 0.29) is 29.8 Å². The van der Waals surface area contributed by atoms with Crippen LogP contribution in [0.2, 0.25) is 0 Å². The number of esters is 1. The average molecular weight is 376 g/mol. The third-order valence-electron chi connectivity index (χ3n) is 4.14. The SMILES string of the molecule is CCCNC(=O)COC(=O)[C@@H](NC(=O)c1ccc(C(C)(C)C)cc1)C(C)C. The minimum atomic E-state index is -0.821. The molecule has 2 amide bonds. The Labute approximate surface area is 162 Å². The lowest BCUT2D eigenvalue weighted by Crippen LogP contribution is -2.46. The van der Waals surface area contributed by atoms with Crippen LogP contribution in [0.25, 0.3) is 0 Å². The van der Waals surface area contributed by atoms with Crippen molar-refractivity contribution in [1.29, 1.82) is 0 Å². The van der Waals surface area contributed by atoms with Crippen molar-refractivity contribution in [2.75, 3.05) is 13.2 Å². The molecule has 27 heavy (non-hydrogen) atoms. The van der Waals surface area contributed by atoms with Gasteiger partial charge in [-0.05, 0) is 35.4 Å². The summed E-state index contributed by atoms with van der Waals surface area (Å²) in [6.07, 6.45) is 0.804. The number of ether oxygens (including phenoxy) is 1. The number of amides is 2. The van der Waals surface area contributed by atoms with Crippen LogP contribution in [0.4, 0.5) is 0 Å². The van der Waals surface area contributed by atoms with Crippen molar-refractivity contribution in [2.24, 2.45) is 5.92 Å².